The molecule has 0 aromatic carbocycles. The van der Waals surface area contributed by atoms with Crippen molar-refractivity contribution in [2.75, 3.05) is 20.0 Å². The number of hydrogen-bond donors (Lipinski definition) is 2. The molecular formula is C18H28N2O5. The second-order valence-electron chi connectivity index (χ2n) is 6.31. The normalized spacial score (nSPS) is 22.8. The third kappa shape index (κ3) is 6.36. The number of oxime groups is 1. The van der Waals surface area contributed by atoms with E-state index in [0.29, 0.717) is 25.9 Å². The number of ketones is 1. The Kier molecular flexibility index (Phi) is 8.27. The van der Waals surface area contributed by atoms with Crippen molar-refractivity contribution in [3.05, 3.63) is 23.8 Å². The standard InChI is InChI=1S/C18H28N2O5/c1-2-3-9-23-12-24-11-15(18(19)22)17-10-16(20-25-17)13-5-4-6-14(21)8-7-13/h4-6,15,17-18,22H,2-3,7-12,19H2,1H3. The van der Waals surface area contributed by atoms with Gasteiger partial charge in [-0.2, -0.15) is 0 Å². The molecule has 7 nitrogen and oxygen atoms in total. The second-order valence-corrected chi connectivity index (χ2v) is 6.31. The number of ether oxygens (including phenoxy) is 2. The largest absolute Gasteiger partial charge is 0.391 e. The molecule has 3 N–H and O–H groups in total. The molecular weight excluding hydrogens is 324 g/mol. The number of nitrogens with zero attached hydrogens (tertiary/aromatic N) is 1. The highest BCUT2D eigenvalue weighted by molar-refractivity contribution is 6.02. The highest BCUT2D eigenvalue weighted by atomic mass is 16.7. The zero-order valence-electron chi connectivity index (χ0n) is 14.7. The quantitative estimate of drug-likeness (QED) is 0.458. The van der Waals surface area contributed by atoms with Crippen molar-refractivity contribution in [1.29, 1.82) is 0 Å². The monoisotopic (exact) mass is 352 g/mol. The highest BCUT2D eigenvalue weighted by Crippen LogP contribution is 2.26. The number of nitrogens with two attached hydrogens (primary N) is 1. The van der Waals surface area contributed by atoms with Gasteiger partial charge in [0.2, 0.25) is 0 Å². The third-order valence-corrected chi connectivity index (χ3v) is 4.32. The summed E-state index contributed by atoms with van der Waals surface area (Å²) in [6, 6.07) is 0. The first kappa shape index (κ1) is 19.8. The van der Waals surface area contributed by atoms with E-state index in [1.807, 2.05) is 6.08 Å². The number of rotatable bonds is 10. The van der Waals surface area contributed by atoms with Crippen molar-refractivity contribution in [3.63, 3.8) is 0 Å². The molecule has 140 valence electrons. The Labute approximate surface area is 148 Å². The Morgan fingerprint density at radius 1 is 1.44 bits per heavy atom. The lowest BCUT2D eigenvalue weighted by atomic mass is 9.93. The van der Waals surface area contributed by atoms with Gasteiger partial charge in [0.25, 0.3) is 0 Å². The molecule has 25 heavy (non-hydrogen) atoms. The fourth-order valence-corrected chi connectivity index (χ4v) is 2.73. The first-order valence-electron chi connectivity index (χ1n) is 8.84. The molecule has 2 rings (SSSR count). The van der Waals surface area contributed by atoms with Gasteiger partial charge in [-0.1, -0.05) is 30.7 Å². The van der Waals surface area contributed by atoms with Crippen LogP contribution in [0, 0.1) is 5.92 Å². The number of carbonyl (C=O) groups excluding carboxylic acids is 1. The van der Waals surface area contributed by atoms with Crippen molar-refractivity contribution in [2.24, 2.45) is 16.8 Å². The molecule has 1 aliphatic heterocycles. The van der Waals surface area contributed by atoms with E-state index in [-0.39, 0.29) is 25.3 Å². The van der Waals surface area contributed by atoms with Crippen LogP contribution in [-0.2, 0) is 19.1 Å². The van der Waals surface area contributed by atoms with Gasteiger partial charge in [0.15, 0.2) is 5.78 Å². The van der Waals surface area contributed by atoms with E-state index in [1.54, 1.807) is 12.2 Å². The SMILES string of the molecule is CCCCOCOCC(C(N)O)C1CC(C2=CC=CC(=O)CC2)=NO1. The van der Waals surface area contributed by atoms with Crippen molar-refractivity contribution >= 4 is 11.5 Å². The van der Waals surface area contributed by atoms with Crippen LogP contribution in [0.5, 0.6) is 0 Å². The Bertz CT molecular complexity index is 528. The first-order valence-corrected chi connectivity index (χ1v) is 8.84. The topological polar surface area (TPSA) is 103 Å². The average Bonchev–Trinajstić information content (AvgIpc) is 2.96. The summed E-state index contributed by atoms with van der Waals surface area (Å²) in [5.74, 6) is -0.298. The molecule has 0 saturated carbocycles. The summed E-state index contributed by atoms with van der Waals surface area (Å²) in [6.07, 6.45) is 7.47. The molecule has 0 aromatic rings. The van der Waals surface area contributed by atoms with Gasteiger partial charge in [0.05, 0.1) is 18.2 Å². The number of aliphatic hydroxyl groups is 1. The van der Waals surface area contributed by atoms with Gasteiger partial charge < -0.3 is 25.2 Å². The molecule has 1 aliphatic carbocycles. The van der Waals surface area contributed by atoms with Gasteiger partial charge in [0, 0.05) is 19.4 Å². The van der Waals surface area contributed by atoms with E-state index in [2.05, 4.69) is 12.1 Å². The molecule has 3 unspecified atom stereocenters. The van der Waals surface area contributed by atoms with E-state index in [4.69, 9.17) is 20.0 Å². The van der Waals surface area contributed by atoms with E-state index >= 15 is 0 Å². The van der Waals surface area contributed by atoms with Crippen LogP contribution in [0.25, 0.3) is 0 Å². The Hall–Kier alpha value is -1.54. The zero-order valence-corrected chi connectivity index (χ0v) is 14.7. The van der Waals surface area contributed by atoms with E-state index in [1.165, 1.54) is 0 Å². The molecule has 0 bridgehead atoms. The summed E-state index contributed by atoms with van der Waals surface area (Å²) in [6.45, 7) is 3.14. The average molecular weight is 352 g/mol. The Balaban J connectivity index is 1.80. The highest BCUT2D eigenvalue weighted by Gasteiger charge is 2.34. The maximum absolute atomic E-state index is 11.4. The minimum atomic E-state index is -1.07. The van der Waals surface area contributed by atoms with E-state index in [9.17, 15) is 9.90 Å². The van der Waals surface area contributed by atoms with Crippen LogP contribution in [0.2, 0.25) is 0 Å². The minimum absolute atomic E-state index is 0.106. The van der Waals surface area contributed by atoms with Gasteiger partial charge in [-0.25, -0.2) is 0 Å². The number of hydrogen-bond acceptors (Lipinski definition) is 7. The van der Waals surface area contributed by atoms with Crippen LogP contribution in [0.15, 0.2) is 29.0 Å². The van der Waals surface area contributed by atoms with Gasteiger partial charge in [-0.3, -0.25) is 4.79 Å². The van der Waals surface area contributed by atoms with Crippen molar-refractivity contribution in [1.82, 2.24) is 0 Å². The smallest absolute Gasteiger partial charge is 0.156 e. The minimum Gasteiger partial charge on any atom is -0.391 e. The van der Waals surface area contributed by atoms with Crippen LogP contribution in [0.1, 0.15) is 39.0 Å². The van der Waals surface area contributed by atoms with Crippen LogP contribution in [0.3, 0.4) is 0 Å². The van der Waals surface area contributed by atoms with Crippen molar-refractivity contribution in [3.8, 4) is 0 Å². The number of aliphatic hydroxyl groups excluding tert-OH is 1. The molecule has 2 aliphatic rings. The maximum atomic E-state index is 11.4. The van der Waals surface area contributed by atoms with Gasteiger partial charge in [-0.15, -0.1) is 0 Å². The lowest BCUT2D eigenvalue weighted by Crippen LogP contribution is -2.41. The molecule has 0 spiro atoms. The van der Waals surface area contributed by atoms with Crippen LogP contribution < -0.4 is 5.73 Å². The molecule has 0 saturated heterocycles. The van der Waals surface area contributed by atoms with E-state index < -0.39 is 12.1 Å². The third-order valence-electron chi connectivity index (χ3n) is 4.32. The van der Waals surface area contributed by atoms with Gasteiger partial charge >= 0.3 is 0 Å². The number of unbranched alkanes of at least 4 members (excludes halogenated alkanes) is 1. The lowest BCUT2D eigenvalue weighted by Gasteiger charge is -2.24. The van der Waals surface area contributed by atoms with Crippen LogP contribution in [0.4, 0.5) is 0 Å². The Morgan fingerprint density at radius 3 is 3.04 bits per heavy atom. The molecule has 0 amide bonds. The fraction of sp³-hybridized carbons (Fsp3) is 0.667. The van der Waals surface area contributed by atoms with E-state index in [0.717, 1.165) is 24.1 Å². The summed E-state index contributed by atoms with van der Waals surface area (Å²) in [7, 11) is 0. The maximum Gasteiger partial charge on any atom is 0.156 e. The van der Waals surface area contributed by atoms with Gasteiger partial charge in [-0.05, 0) is 24.5 Å². The summed E-state index contributed by atoms with van der Waals surface area (Å²) in [4.78, 5) is 16.9. The number of carbonyl (C=O) groups is 1. The lowest BCUT2D eigenvalue weighted by molar-refractivity contribution is -0.114. The summed E-state index contributed by atoms with van der Waals surface area (Å²) in [5, 5.41) is 14.0. The molecule has 1 heterocycles. The summed E-state index contributed by atoms with van der Waals surface area (Å²) < 4.78 is 10.8. The summed E-state index contributed by atoms with van der Waals surface area (Å²) >= 11 is 0. The van der Waals surface area contributed by atoms with Crippen LogP contribution in [-0.4, -0.2) is 48.9 Å². The summed E-state index contributed by atoms with van der Waals surface area (Å²) in [5.41, 5.74) is 7.46. The van der Waals surface area contributed by atoms with Crippen molar-refractivity contribution in [2.45, 2.75) is 51.4 Å². The molecule has 0 aromatic heterocycles. The fourth-order valence-electron chi connectivity index (χ4n) is 2.73. The molecule has 0 radical (unpaired) electrons. The predicted octanol–water partition coefficient (Wildman–Crippen LogP) is 1.66. The first-order chi connectivity index (χ1) is 12.1. The predicted molar refractivity (Wildman–Crippen MR) is 93.8 cm³/mol. The zero-order chi connectivity index (χ0) is 18.1. The van der Waals surface area contributed by atoms with Crippen LogP contribution >= 0.6 is 0 Å². The molecule has 7 heteroatoms. The van der Waals surface area contributed by atoms with Crippen molar-refractivity contribution < 1.29 is 24.2 Å². The number of allylic oxidation sites excluding steroid dienone is 4. The second kappa shape index (κ2) is 10.5. The van der Waals surface area contributed by atoms with Gasteiger partial charge in [0.1, 0.15) is 19.1 Å². The Morgan fingerprint density at radius 2 is 2.28 bits per heavy atom. The molecule has 0 fully saturated rings. The molecule has 3 atom stereocenters.